The summed E-state index contributed by atoms with van der Waals surface area (Å²) in [4.78, 5) is 7.00. The lowest BCUT2D eigenvalue weighted by atomic mass is 9.90. The minimum Gasteiger partial charge on any atom is -0.385 e. The largest absolute Gasteiger partial charge is 0.385 e. The summed E-state index contributed by atoms with van der Waals surface area (Å²) in [5.74, 6) is 1.65. The number of aliphatic hydroxyl groups is 1. The summed E-state index contributed by atoms with van der Waals surface area (Å²) < 4.78 is 1.83. The van der Waals surface area contributed by atoms with E-state index in [9.17, 15) is 5.11 Å². The van der Waals surface area contributed by atoms with Crippen molar-refractivity contribution in [1.29, 1.82) is 0 Å². The van der Waals surface area contributed by atoms with E-state index in [0.717, 1.165) is 42.8 Å². The summed E-state index contributed by atoms with van der Waals surface area (Å²) >= 11 is 0. The number of rotatable bonds is 3. The lowest BCUT2D eigenvalue weighted by Crippen LogP contribution is -2.28. The van der Waals surface area contributed by atoms with Gasteiger partial charge in [0.25, 0.3) is 0 Å². The van der Waals surface area contributed by atoms with Crippen LogP contribution >= 0.6 is 0 Å². The summed E-state index contributed by atoms with van der Waals surface area (Å²) in [7, 11) is 1.83. The smallest absolute Gasteiger partial charge is 0.242 e. The predicted octanol–water partition coefficient (Wildman–Crippen LogP) is 2.51. The fraction of sp³-hybridized carbons (Fsp3) is 0.400. The van der Waals surface area contributed by atoms with Crippen LogP contribution in [-0.2, 0) is 5.60 Å². The molecule has 2 fully saturated rings. The Hall–Kier alpha value is -2.60. The molecule has 1 aliphatic carbocycles. The van der Waals surface area contributed by atoms with Crippen molar-refractivity contribution < 1.29 is 5.11 Å². The van der Waals surface area contributed by atoms with Gasteiger partial charge in [0.05, 0.1) is 11.3 Å². The average molecular weight is 349 g/mol. The third kappa shape index (κ3) is 2.36. The van der Waals surface area contributed by atoms with E-state index in [1.165, 1.54) is 0 Å². The van der Waals surface area contributed by atoms with E-state index in [1.54, 1.807) is 0 Å². The average Bonchev–Trinajstić information content (AvgIpc) is 3.33. The zero-order chi connectivity index (χ0) is 17.7. The molecule has 134 valence electrons. The van der Waals surface area contributed by atoms with Gasteiger partial charge in [-0.05, 0) is 42.4 Å². The first kappa shape index (κ1) is 15.6. The van der Waals surface area contributed by atoms with Gasteiger partial charge in [0.1, 0.15) is 0 Å². The molecule has 2 aromatic heterocycles. The molecule has 0 amide bonds. The van der Waals surface area contributed by atoms with Gasteiger partial charge in [0.2, 0.25) is 5.95 Å². The first-order valence-electron chi connectivity index (χ1n) is 9.22. The molecule has 3 atom stereocenters. The number of benzene rings is 1. The van der Waals surface area contributed by atoms with Gasteiger partial charge in [-0.2, -0.15) is 4.98 Å². The van der Waals surface area contributed by atoms with Gasteiger partial charge in [-0.15, -0.1) is 5.10 Å². The van der Waals surface area contributed by atoms with Crippen molar-refractivity contribution in [3.63, 3.8) is 0 Å². The van der Waals surface area contributed by atoms with E-state index in [1.807, 2.05) is 42.0 Å². The molecule has 1 aromatic carbocycles. The number of hydrogen-bond donors (Lipinski definition) is 2. The Morgan fingerprint density at radius 1 is 1.08 bits per heavy atom. The van der Waals surface area contributed by atoms with Gasteiger partial charge < -0.3 is 15.3 Å². The normalized spacial score (nSPS) is 27.8. The van der Waals surface area contributed by atoms with E-state index < -0.39 is 5.60 Å². The molecular weight excluding hydrogens is 326 g/mol. The highest BCUT2D eigenvalue weighted by molar-refractivity contribution is 5.70. The highest BCUT2D eigenvalue weighted by Gasteiger charge is 2.49. The van der Waals surface area contributed by atoms with Gasteiger partial charge in [-0.3, -0.25) is 0 Å². The van der Waals surface area contributed by atoms with Crippen LogP contribution < -0.4 is 10.2 Å². The maximum absolute atomic E-state index is 11.2. The van der Waals surface area contributed by atoms with E-state index >= 15 is 0 Å². The minimum atomic E-state index is -0.678. The number of anilines is 2. The quantitative estimate of drug-likeness (QED) is 0.761. The van der Waals surface area contributed by atoms with Gasteiger partial charge in [-0.25, -0.2) is 4.52 Å². The minimum absolute atomic E-state index is 0.507. The number of aromatic nitrogens is 3. The molecule has 0 radical (unpaired) electrons. The third-order valence-electron chi connectivity index (χ3n) is 5.99. The lowest BCUT2D eigenvalue weighted by molar-refractivity contribution is 0.0365. The number of nitrogens with zero attached hydrogens (tertiary/aromatic N) is 4. The molecule has 5 rings (SSSR count). The molecule has 6 heteroatoms. The zero-order valence-corrected chi connectivity index (χ0v) is 14.8. The van der Waals surface area contributed by atoms with Crippen LogP contribution in [0.3, 0.4) is 0 Å². The first-order valence-corrected chi connectivity index (χ1v) is 9.22. The van der Waals surface area contributed by atoms with Gasteiger partial charge >= 0.3 is 0 Å². The van der Waals surface area contributed by atoms with Crippen molar-refractivity contribution in [2.45, 2.75) is 18.4 Å². The zero-order valence-electron chi connectivity index (χ0n) is 14.8. The third-order valence-corrected chi connectivity index (χ3v) is 5.99. The molecule has 1 unspecified atom stereocenters. The Bertz CT molecular complexity index is 924. The van der Waals surface area contributed by atoms with Crippen molar-refractivity contribution in [3.8, 4) is 0 Å². The topological polar surface area (TPSA) is 65.7 Å². The Morgan fingerprint density at radius 3 is 2.50 bits per heavy atom. The molecule has 3 heterocycles. The summed E-state index contributed by atoms with van der Waals surface area (Å²) in [6, 6.07) is 14.3. The van der Waals surface area contributed by atoms with E-state index in [-0.39, 0.29) is 0 Å². The second-order valence-electron chi connectivity index (χ2n) is 7.58. The summed E-state index contributed by atoms with van der Waals surface area (Å²) in [6.07, 6.45) is 3.59. The highest BCUT2D eigenvalue weighted by Crippen LogP contribution is 2.49. The maximum Gasteiger partial charge on any atom is 0.242 e. The Labute approximate surface area is 152 Å². The number of pyridine rings is 1. The summed E-state index contributed by atoms with van der Waals surface area (Å²) in [6.45, 7) is 1.92. The highest BCUT2D eigenvalue weighted by atomic mass is 16.3. The second kappa shape index (κ2) is 5.71. The maximum atomic E-state index is 11.2. The number of fused-ring (bicyclic) bond motifs is 2. The molecule has 26 heavy (non-hydrogen) atoms. The molecule has 1 saturated heterocycles. The van der Waals surface area contributed by atoms with Crippen molar-refractivity contribution in [2.75, 3.05) is 30.4 Å². The molecule has 0 spiro atoms. The standard InChI is InChI=1S/C20H23N5O/c1-21-19-22-18-17(8-5-9-25(18)23-19)24-12-14-10-20(26,11-15(14)13-24)16-6-3-2-4-7-16/h2-9,14-15,26H,10-13H2,1H3,(H,21,23)/t14-,15+,20?. The second-order valence-corrected chi connectivity index (χ2v) is 7.58. The molecule has 0 bridgehead atoms. The van der Waals surface area contributed by atoms with E-state index in [0.29, 0.717) is 17.8 Å². The predicted molar refractivity (Wildman–Crippen MR) is 101 cm³/mol. The van der Waals surface area contributed by atoms with Gasteiger partial charge in [0.15, 0.2) is 5.65 Å². The SMILES string of the molecule is CNc1nc2c(N3C[C@@H]4CC(O)(c5ccccc5)C[C@@H]4C3)cccn2n1. The molecule has 3 aromatic rings. The molecular formula is C20H23N5O. The van der Waals surface area contributed by atoms with Crippen molar-refractivity contribution in [3.05, 3.63) is 54.2 Å². The number of hydrogen-bond acceptors (Lipinski definition) is 5. The van der Waals surface area contributed by atoms with Crippen LogP contribution in [0.5, 0.6) is 0 Å². The van der Waals surface area contributed by atoms with Crippen LogP contribution in [-0.4, -0.2) is 39.8 Å². The van der Waals surface area contributed by atoms with Gasteiger partial charge in [0, 0.05) is 26.3 Å². The molecule has 6 nitrogen and oxygen atoms in total. The lowest BCUT2D eigenvalue weighted by Gasteiger charge is -2.27. The van der Waals surface area contributed by atoms with Crippen LogP contribution in [0.1, 0.15) is 18.4 Å². The summed E-state index contributed by atoms with van der Waals surface area (Å²) in [5.41, 5.74) is 2.39. The molecule has 2 N–H and O–H groups in total. The molecule has 1 saturated carbocycles. The molecule has 1 aliphatic heterocycles. The fourth-order valence-corrected chi connectivity index (χ4v) is 4.78. The van der Waals surface area contributed by atoms with E-state index in [4.69, 9.17) is 0 Å². The Morgan fingerprint density at radius 2 is 1.81 bits per heavy atom. The van der Waals surface area contributed by atoms with Crippen LogP contribution in [0.4, 0.5) is 11.6 Å². The summed E-state index contributed by atoms with van der Waals surface area (Å²) in [5, 5.41) is 18.6. The molecule has 2 aliphatic rings. The van der Waals surface area contributed by atoms with Crippen molar-refractivity contribution >= 4 is 17.3 Å². The number of nitrogens with one attached hydrogen (secondary N) is 1. The van der Waals surface area contributed by atoms with Crippen molar-refractivity contribution in [1.82, 2.24) is 14.6 Å². The van der Waals surface area contributed by atoms with Crippen LogP contribution in [0.25, 0.3) is 5.65 Å². The fourth-order valence-electron chi connectivity index (χ4n) is 4.78. The van der Waals surface area contributed by atoms with Gasteiger partial charge in [-0.1, -0.05) is 30.3 Å². The Balaban J connectivity index is 1.40. The van der Waals surface area contributed by atoms with Crippen LogP contribution in [0, 0.1) is 11.8 Å². The van der Waals surface area contributed by atoms with Crippen LogP contribution in [0.15, 0.2) is 48.7 Å². The monoisotopic (exact) mass is 349 g/mol. The van der Waals surface area contributed by atoms with Crippen molar-refractivity contribution in [2.24, 2.45) is 11.8 Å². The van der Waals surface area contributed by atoms with Crippen LogP contribution in [0.2, 0.25) is 0 Å². The first-order chi connectivity index (χ1) is 12.7. The Kier molecular flexibility index (Phi) is 3.43. The van der Waals surface area contributed by atoms with E-state index in [2.05, 4.69) is 38.5 Å².